The summed E-state index contributed by atoms with van der Waals surface area (Å²) in [5, 5.41) is 8.94. The summed E-state index contributed by atoms with van der Waals surface area (Å²) in [5.74, 6) is 1.69. The molecule has 2 aromatic carbocycles. The second-order valence-corrected chi connectivity index (χ2v) is 7.43. The third kappa shape index (κ3) is 6.99. The van der Waals surface area contributed by atoms with E-state index in [0.29, 0.717) is 26.1 Å². The molecular formula is C24H30N4O3. The second kappa shape index (κ2) is 11.9. The minimum Gasteiger partial charge on any atom is -0.497 e. The molecule has 0 atom stereocenters. The first-order valence-electron chi connectivity index (χ1n) is 10.6. The Bertz CT molecular complexity index is 843. The van der Waals surface area contributed by atoms with Gasteiger partial charge in [0.05, 0.1) is 26.1 Å². The number of nitrogens with zero attached hydrogens (tertiary/aromatic N) is 4. The fraction of sp³-hybridized carbons (Fsp3) is 0.417. The minimum atomic E-state index is 0.0396. The Morgan fingerprint density at radius 3 is 2.29 bits per heavy atom. The number of carbonyl (C=O) groups is 1. The number of hydrogen-bond donors (Lipinski definition) is 0. The molecule has 0 aromatic heterocycles. The quantitative estimate of drug-likeness (QED) is 0.586. The molecule has 1 heterocycles. The highest BCUT2D eigenvalue weighted by atomic mass is 16.5. The van der Waals surface area contributed by atoms with Crippen LogP contribution in [-0.2, 0) is 4.79 Å². The summed E-state index contributed by atoms with van der Waals surface area (Å²) in [4.78, 5) is 19.2. The summed E-state index contributed by atoms with van der Waals surface area (Å²) in [7, 11) is 1.65. The molecule has 1 saturated heterocycles. The third-order valence-electron chi connectivity index (χ3n) is 5.38. The van der Waals surface area contributed by atoms with Crippen molar-refractivity contribution in [2.75, 3.05) is 64.4 Å². The molecule has 0 spiro atoms. The molecule has 31 heavy (non-hydrogen) atoms. The first kappa shape index (κ1) is 22.6. The van der Waals surface area contributed by atoms with Crippen LogP contribution in [0.2, 0.25) is 0 Å². The van der Waals surface area contributed by atoms with Gasteiger partial charge in [-0.1, -0.05) is 18.2 Å². The van der Waals surface area contributed by atoms with E-state index in [9.17, 15) is 4.79 Å². The van der Waals surface area contributed by atoms with Gasteiger partial charge in [-0.05, 0) is 36.4 Å². The molecular weight excluding hydrogens is 392 g/mol. The summed E-state index contributed by atoms with van der Waals surface area (Å²) in [6, 6.07) is 19.3. The van der Waals surface area contributed by atoms with E-state index in [1.807, 2.05) is 54.6 Å². The Morgan fingerprint density at radius 1 is 1.00 bits per heavy atom. The van der Waals surface area contributed by atoms with Crippen LogP contribution in [0.1, 0.15) is 6.42 Å². The van der Waals surface area contributed by atoms with Gasteiger partial charge in [0.1, 0.15) is 18.1 Å². The largest absolute Gasteiger partial charge is 0.497 e. The van der Waals surface area contributed by atoms with E-state index < -0.39 is 0 Å². The van der Waals surface area contributed by atoms with E-state index in [2.05, 4.69) is 15.9 Å². The van der Waals surface area contributed by atoms with Gasteiger partial charge < -0.3 is 14.4 Å². The van der Waals surface area contributed by atoms with Gasteiger partial charge >= 0.3 is 0 Å². The Balaban J connectivity index is 1.41. The maximum absolute atomic E-state index is 12.9. The molecule has 3 rings (SSSR count). The van der Waals surface area contributed by atoms with Gasteiger partial charge in [-0.3, -0.25) is 14.6 Å². The zero-order valence-electron chi connectivity index (χ0n) is 18.1. The molecule has 1 aliphatic heterocycles. The van der Waals surface area contributed by atoms with E-state index in [1.165, 1.54) is 0 Å². The van der Waals surface area contributed by atoms with Crippen molar-refractivity contribution in [2.24, 2.45) is 0 Å². The number of hydrogen-bond acceptors (Lipinski definition) is 6. The average Bonchev–Trinajstić information content (AvgIpc) is 2.81. The molecule has 0 bridgehead atoms. The number of ether oxygens (including phenoxy) is 2. The standard InChI is InChI=1S/C24H30N4O3/c1-30-22-8-10-23(11-9-22)31-19-18-26-14-16-27(17-15-26)20-24(29)28(13-5-12-25)21-6-3-2-4-7-21/h2-4,6-11H,5,13-20H2,1H3. The zero-order valence-corrected chi connectivity index (χ0v) is 18.1. The van der Waals surface area contributed by atoms with Gasteiger partial charge in [0, 0.05) is 45.0 Å². The number of anilines is 1. The SMILES string of the molecule is COc1ccc(OCCN2CCN(CC(=O)N(CCC#N)c3ccccc3)CC2)cc1. The van der Waals surface area contributed by atoms with Crippen LogP contribution < -0.4 is 14.4 Å². The molecule has 2 aromatic rings. The number of para-hydroxylation sites is 1. The molecule has 0 unspecified atom stereocenters. The zero-order chi connectivity index (χ0) is 21.9. The first-order chi connectivity index (χ1) is 15.2. The highest BCUT2D eigenvalue weighted by Crippen LogP contribution is 2.17. The predicted octanol–water partition coefficient (Wildman–Crippen LogP) is 2.64. The summed E-state index contributed by atoms with van der Waals surface area (Å²) >= 11 is 0. The van der Waals surface area contributed by atoms with Crippen LogP contribution in [-0.4, -0.2) is 75.2 Å². The van der Waals surface area contributed by atoms with Gasteiger partial charge in [0.25, 0.3) is 0 Å². The molecule has 1 fully saturated rings. The molecule has 164 valence electrons. The summed E-state index contributed by atoms with van der Waals surface area (Å²) in [6.07, 6.45) is 0.322. The second-order valence-electron chi connectivity index (χ2n) is 7.43. The van der Waals surface area contributed by atoms with Crippen LogP contribution in [0.4, 0.5) is 5.69 Å². The first-order valence-corrected chi connectivity index (χ1v) is 10.6. The lowest BCUT2D eigenvalue weighted by Gasteiger charge is -2.35. The van der Waals surface area contributed by atoms with Gasteiger partial charge in [-0.25, -0.2) is 0 Å². The maximum Gasteiger partial charge on any atom is 0.241 e. The molecule has 7 nitrogen and oxygen atoms in total. The van der Waals surface area contributed by atoms with Crippen LogP contribution in [0.5, 0.6) is 11.5 Å². The van der Waals surface area contributed by atoms with E-state index in [-0.39, 0.29) is 5.91 Å². The predicted molar refractivity (Wildman–Crippen MR) is 120 cm³/mol. The smallest absolute Gasteiger partial charge is 0.241 e. The molecule has 0 saturated carbocycles. The lowest BCUT2D eigenvalue weighted by molar-refractivity contribution is -0.120. The van der Waals surface area contributed by atoms with Gasteiger partial charge in [0.2, 0.25) is 5.91 Å². The molecule has 1 aliphatic rings. The lowest BCUT2D eigenvalue weighted by atomic mass is 10.2. The summed E-state index contributed by atoms with van der Waals surface area (Å²) in [6.45, 7) is 5.77. The van der Waals surface area contributed by atoms with Crippen LogP contribution in [0.25, 0.3) is 0 Å². The Labute approximate surface area is 184 Å². The number of methoxy groups -OCH3 is 1. The molecule has 7 heteroatoms. The van der Waals surface area contributed by atoms with E-state index in [4.69, 9.17) is 14.7 Å². The topological polar surface area (TPSA) is 69.0 Å². The van der Waals surface area contributed by atoms with Gasteiger partial charge in [-0.2, -0.15) is 5.26 Å². The minimum absolute atomic E-state index is 0.0396. The highest BCUT2D eigenvalue weighted by molar-refractivity contribution is 5.94. The van der Waals surface area contributed by atoms with Crippen molar-refractivity contribution in [1.29, 1.82) is 5.26 Å². The fourth-order valence-corrected chi connectivity index (χ4v) is 3.58. The Kier molecular flexibility index (Phi) is 8.71. The van der Waals surface area contributed by atoms with E-state index in [0.717, 1.165) is 49.9 Å². The van der Waals surface area contributed by atoms with Gasteiger partial charge in [0.15, 0.2) is 0 Å². The van der Waals surface area contributed by atoms with Crippen LogP contribution in [0.15, 0.2) is 54.6 Å². The maximum atomic E-state index is 12.9. The average molecular weight is 423 g/mol. The Hall–Kier alpha value is -3.08. The number of nitriles is 1. The van der Waals surface area contributed by atoms with Crippen molar-refractivity contribution < 1.29 is 14.3 Å². The van der Waals surface area contributed by atoms with Crippen molar-refractivity contribution in [1.82, 2.24) is 9.80 Å². The van der Waals surface area contributed by atoms with Gasteiger partial charge in [-0.15, -0.1) is 0 Å². The molecule has 0 aliphatic carbocycles. The normalized spacial score (nSPS) is 14.6. The summed E-state index contributed by atoms with van der Waals surface area (Å²) in [5.41, 5.74) is 0.845. The highest BCUT2D eigenvalue weighted by Gasteiger charge is 2.22. The van der Waals surface area contributed by atoms with Crippen molar-refractivity contribution >= 4 is 11.6 Å². The molecule has 0 N–H and O–H groups in total. The van der Waals surface area contributed by atoms with Crippen LogP contribution >= 0.6 is 0 Å². The van der Waals surface area contributed by atoms with Crippen molar-refractivity contribution in [2.45, 2.75) is 6.42 Å². The Morgan fingerprint density at radius 2 is 1.65 bits per heavy atom. The van der Waals surface area contributed by atoms with Crippen molar-refractivity contribution in [3.63, 3.8) is 0 Å². The van der Waals surface area contributed by atoms with E-state index >= 15 is 0 Å². The monoisotopic (exact) mass is 422 g/mol. The molecule has 0 radical (unpaired) electrons. The molecule has 1 amide bonds. The number of rotatable bonds is 10. The lowest BCUT2D eigenvalue weighted by Crippen LogP contribution is -2.50. The van der Waals surface area contributed by atoms with E-state index in [1.54, 1.807) is 12.0 Å². The number of amides is 1. The summed E-state index contributed by atoms with van der Waals surface area (Å²) < 4.78 is 11.0. The number of benzene rings is 2. The number of carbonyl (C=O) groups excluding carboxylic acids is 1. The van der Waals surface area contributed by atoms with Crippen LogP contribution in [0, 0.1) is 11.3 Å². The van der Waals surface area contributed by atoms with Crippen molar-refractivity contribution in [3.8, 4) is 17.6 Å². The number of piperazine rings is 1. The fourth-order valence-electron chi connectivity index (χ4n) is 3.58. The van der Waals surface area contributed by atoms with Crippen molar-refractivity contribution in [3.05, 3.63) is 54.6 Å². The van der Waals surface area contributed by atoms with Crippen LogP contribution in [0.3, 0.4) is 0 Å². The third-order valence-corrected chi connectivity index (χ3v) is 5.38.